The molecular formula is C38H71NO5Si2. The molecule has 0 unspecified atom stereocenters. The first-order valence-corrected chi connectivity index (χ1v) is 23.7. The Bertz CT molecular complexity index is 1080. The number of hydrogen-bond donors (Lipinski definition) is 1. The molecule has 6 atom stereocenters. The van der Waals surface area contributed by atoms with Crippen LogP contribution in [-0.2, 0) is 18.4 Å². The minimum atomic E-state index is -2.07. The zero-order valence-corrected chi connectivity index (χ0v) is 34.3. The van der Waals surface area contributed by atoms with E-state index >= 15 is 0 Å². The summed E-state index contributed by atoms with van der Waals surface area (Å²) < 4.78 is 20.2. The lowest BCUT2D eigenvalue weighted by molar-refractivity contribution is -0.138. The van der Waals surface area contributed by atoms with Crippen LogP contribution in [0.5, 0.6) is 0 Å². The Morgan fingerprint density at radius 1 is 1.00 bits per heavy atom. The van der Waals surface area contributed by atoms with Crippen LogP contribution in [0.2, 0.25) is 36.3 Å². The smallest absolute Gasteiger partial charge is 0.225 e. The molecule has 1 aliphatic heterocycles. The Kier molecular flexibility index (Phi) is 14.4. The van der Waals surface area contributed by atoms with Gasteiger partial charge in [0.05, 0.1) is 24.4 Å². The summed E-state index contributed by atoms with van der Waals surface area (Å²) in [6.45, 7) is 32.4. The predicted molar refractivity (Wildman–Crippen MR) is 198 cm³/mol. The molecule has 0 saturated carbocycles. The minimum absolute atomic E-state index is 0.0287. The summed E-state index contributed by atoms with van der Waals surface area (Å²) in [5.41, 5.74) is 0.916. The Hall–Kier alpha value is -1.04. The third-order valence-corrected chi connectivity index (χ3v) is 20.6. The number of carbonyl (C=O) groups excluding carboxylic acids is 1. The van der Waals surface area contributed by atoms with E-state index in [-0.39, 0.29) is 51.7 Å². The molecule has 1 aromatic rings. The third kappa shape index (κ3) is 11.3. The number of aliphatic hydroxyl groups excluding tert-OH is 1. The molecule has 0 bridgehead atoms. The van der Waals surface area contributed by atoms with E-state index in [0.717, 1.165) is 44.3 Å². The number of rotatable bonds is 16. The molecule has 1 amide bonds. The molecule has 1 aliphatic rings. The van der Waals surface area contributed by atoms with Crippen molar-refractivity contribution in [2.24, 2.45) is 11.3 Å². The van der Waals surface area contributed by atoms with Crippen molar-refractivity contribution in [1.29, 1.82) is 0 Å². The number of likely N-dealkylation sites (N-methyl/N-ethyl adjacent to an activating group) is 1. The number of carbonyl (C=O) groups is 1. The first-order chi connectivity index (χ1) is 20.9. The van der Waals surface area contributed by atoms with E-state index < -0.39 is 22.7 Å². The van der Waals surface area contributed by atoms with E-state index in [1.54, 1.807) is 4.90 Å². The van der Waals surface area contributed by atoms with Gasteiger partial charge in [-0.2, -0.15) is 0 Å². The average molecular weight is 678 g/mol. The number of nitrogens with zero attached hydrogens (tertiary/aromatic N) is 1. The summed E-state index contributed by atoms with van der Waals surface area (Å²) in [6, 6.07) is 9.25. The number of amides is 1. The molecule has 1 heterocycles. The van der Waals surface area contributed by atoms with Crippen molar-refractivity contribution in [3.05, 3.63) is 35.9 Å². The Morgan fingerprint density at radius 2 is 1.57 bits per heavy atom. The van der Waals surface area contributed by atoms with Crippen LogP contribution < -0.4 is 0 Å². The second-order valence-corrected chi connectivity index (χ2v) is 27.5. The van der Waals surface area contributed by atoms with Gasteiger partial charge in [-0.1, -0.05) is 92.6 Å². The van der Waals surface area contributed by atoms with Gasteiger partial charge in [0.15, 0.2) is 16.6 Å². The molecule has 6 nitrogen and oxygen atoms in total. The van der Waals surface area contributed by atoms with Gasteiger partial charge >= 0.3 is 0 Å². The van der Waals surface area contributed by atoms with E-state index in [1.807, 2.05) is 51.2 Å². The summed E-state index contributed by atoms with van der Waals surface area (Å²) in [5, 5.41) is 11.3. The molecule has 1 N–H and O–H groups in total. The zero-order chi connectivity index (χ0) is 35.3. The maximum absolute atomic E-state index is 13.7. The first-order valence-electron chi connectivity index (χ1n) is 17.9. The van der Waals surface area contributed by atoms with Crippen molar-refractivity contribution >= 4 is 22.5 Å². The Morgan fingerprint density at radius 3 is 2.11 bits per heavy atom. The van der Waals surface area contributed by atoms with Crippen molar-refractivity contribution in [2.45, 2.75) is 174 Å². The number of ether oxygens (including phenoxy) is 1. The van der Waals surface area contributed by atoms with Crippen LogP contribution in [0.15, 0.2) is 30.3 Å². The summed E-state index contributed by atoms with van der Waals surface area (Å²) in [6.07, 6.45) is 5.22. The van der Waals surface area contributed by atoms with Gasteiger partial charge < -0.3 is 23.6 Å². The second-order valence-electron chi connectivity index (χ2n) is 17.9. The lowest BCUT2D eigenvalue weighted by Crippen LogP contribution is -2.46. The first kappa shape index (κ1) is 41.1. The molecule has 46 heavy (non-hydrogen) atoms. The molecule has 0 aromatic heterocycles. The summed E-state index contributed by atoms with van der Waals surface area (Å²) >= 11 is 0. The molecule has 1 aromatic carbocycles. The van der Waals surface area contributed by atoms with Crippen molar-refractivity contribution in [3.8, 4) is 0 Å². The zero-order valence-electron chi connectivity index (χ0n) is 32.3. The number of benzene rings is 1. The van der Waals surface area contributed by atoms with Crippen LogP contribution in [-0.4, -0.2) is 70.6 Å². The fourth-order valence-electron chi connectivity index (χ4n) is 6.01. The largest absolute Gasteiger partial charge is 0.417 e. The monoisotopic (exact) mass is 677 g/mol. The average Bonchev–Trinajstić information content (AvgIpc) is 3.24. The second kappa shape index (κ2) is 16.1. The molecule has 1 saturated heterocycles. The van der Waals surface area contributed by atoms with Crippen LogP contribution in [0.1, 0.15) is 119 Å². The topological polar surface area (TPSA) is 68.2 Å². The maximum atomic E-state index is 13.7. The molecule has 266 valence electrons. The Balaban J connectivity index is 2.06. The van der Waals surface area contributed by atoms with E-state index in [0.29, 0.717) is 6.42 Å². The van der Waals surface area contributed by atoms with Crippen molar-refractivity contribution in [2.75, 3.05) is 13.7 Å². The standard InChI is InChI=1S/C38H71NO5Si2/c1-28(35(41)39(11)29(2)34(40)30-20-17-16-18-21-30)26-31(44-46(14,15)37(6,7)8)23-24-33-38(9,10)27-32(43-33)22-19-25-42-45(12,13)36(3,4)5/h16-18,20-21,28-29,31-34,40H,19,22-27H2,1-15H3/t28-,29-,31-,32+,33+,34+/m1/s1. The SMILES string of the molecule is C[C@H](C[C@@H](CC[C@@H]1O[C@@H](CCCO[Si](C)(C)C(C)(C)C)CC1(C)C)O[Si](C)(C)C(C)(C)C)C(=O)N(C)[C@H](C)[C@H](O)c1ccccc1. The van der Waals surface area contributed by atoms with Crippen LogP contribution in [0.4, 0.5) is 0 Å². The van der Waals surface area contributed by atoms with Crippen molar-refractivity contribution in [1.82, 2.24) is 4.90 Å². The van der Waals surface area contributed by atoms with Crippen molar-refractivity contribution < 1.29 is 23.5 Å². The van der Waals surface area contributed by atoms with Gasteiger partial charge in [-0.3, -0.25) is 4.79 Å². The fraction of sp³-hybridized carbons (Fsp3) is 0.816. The molecule has 0 aliphatic carbocycles. The van der Waals surface area contributed by atoms with Gasteiger partial charge in [0.2, 0.25) is 5.91 Å². The van der Waals surface area contributed by atoms with Gasteiger partial charge in [-0.05, 0) is 92.7 Å². The van der Waals surface area contributed by atoms with Gasteiger partial charge in [0.1, 0.15) is 0 Å². The summed E-state index contributed by atoms with van der Waals surface area (Å²) in [4.78, 5) is 15.4. The number of aliphatic hydroxyl groups is 1. The highest BCUT2D eigenvalue weighted by Gasteiger charge is 2.44. The number of hydrogen-bond acceptors (Lipinski definition) is 5. The minimum Gasteiger partial charge on any atom is -0.417 e. The van der Waals surface area contributed by atoms with Gasteiger partial charge in [0.25, 0.3) is 0 Å². The molecular weight excluding hydrogens is 607 g/mol. The molecule has 8 heteroatoms. The van der Waals surface area contributed by atoms with E-state index in [2.05, 4.69) is 81.6 Å². The van der Waals surface area contributed by atoms with Crippen LogP contribution in [0.25, 0.3) is 0 Å². The highest BCUT2D eigenvalue weighted by molar-refractivity contribution is 6.74. The highest BCUT2D eigenvalue weighted by Crippen LogP contribution is 2.44. The third-order valence-electron chi connectivity index (χ3n) is 11.5. The van der Waals surface area contributed by atoms with Gasteiger partial charge in [-0.25, -0.2) is 0 Å². The molecule has 2 rings (SSSR count). The maximum Gasteiger partial charge on any atom is 0.225 e. The summed E-state index contributed by atoms with van der Waals surface area (Å²) in [5.74, 6) is -0.180. The quantitative estimate of drug-likeness (QED) is 0.139. The van der Waals surface area contributed by atoms with E-state index in [1.165, 1.54) is 0 Å². The predicted octanol–water partition coefficient (Wildman–Crippen LogP) is 9.75. The van der Waals surface area contributed by atoms with Crippen molar-refractivity contribution in [3.63, 3.8) is 0 Å². The van der Waals surface area contributed by atoms with Gasteiger partial charge in [-0.15, -0.1) is 0 Å². The van der Waals surface area contributed by atoms with Crippen LogP contribution >= 0.6 is 0 Å². The van der Waals surface area contributed by atoms with Gasteiger partial charge in [0, 0.05) is 25.7 Å². The molecule has 0 spiro atoms. The fourth-order valence-corrected chi connectivity index (χ4v) is 8.49. The lowest BCUT2D eigenvalue weighted by atomic mass is 9.81. The lowest BCUT2D eigenvalue weighted by Gasteiger charge is -2.40. The summed E-state index contributed by atoms with van der Waals surface area (Å²) in [7, 11) is -1.99. The molecule has 0 radical (unpaired) electrons. The highest BCUT2D eigenvalue weighted by atomic mass is 28.4. The normalized spacial score (nSPS) is 21.9. The molecule has 1 fully saturated rings. The van der Waals surface area contributed by atoms with Crippen LogP contribution in [0, 0.1) is 11.3 Å². The van der Waals surface area contributed by atoms with Crippen LogP contribution in [0.3, 0.4) is 0 Å². The van der Waals surface area contributed by atoms with E-state index in [9.17, 15) is 9.90 Å². The Labute approximate surface area is 285 Å². The van der Waals surface area contributed by atoms with E-state index in [4.69, 9.17) is 13.6 Å².